The number of aromatic nitrogens is 3. The molecule has 2 N–H and O–H groups in total. The molecule has 0 spiro atoms. The topological polar surface area (TPSA) is 53.6 Å². The number of nitrogens with one attached hydrogen (secondary N) is 2. The number of aryl methyl sites for hydroxylation is 2. The van der Waals surface area contributed by atoms with Crippen molar-refractivity contribution in [3.8, 4) is 0 Å². The largest absolute Gasteiger partial charge is 0.358 e. The fourth-order valence-electron chi connectivity index (χ4n) is 3.04. The van der Waals surface area contributed by atoms with E-state index in [1.165, 1.54) is 0 Å². The van der Waals surface area contributed by atoms with Gasteiger partial charge in [0.25, 0.3) is 0 Å². The van der Waals surface area contributed by atoms with Crippen LogP contribution in [-0.4, -0.2) is 15.0 Å². The first-order valence-corrected chi connectivity index (χ1v) is 8.32. The van der Waals surface area contributed by atoms with Gasteiger partial charge in [0, 0.05) is 27.3 Å². The second kappa shape index (κ2) is 6.90. The molecular weight excluding hydrogens is 355 g/mol. The zero-order valence-corrected chi connectivity index (χ0v) is 15.5. The molecular formula is C19H18Cl2N4. The number of imidazole rings is 1. The Balaban J connectivity index is 0.00000182. The third-order valence-electron chi connectivity index (χ3n) is 4.22. The quantitative estimate of drug-likeness (QED) is 0.477. The van der Waals surface area contributed by atoms with E-state index in [-0.39, 0.29) is 12.4 Å². The van der Waals surface area contributed by atoms with Gasteiger partial charge in [0.15, 0.2) is 0 Å². The van der Waals surface area contributed by atoms with Gasteiger partial charge >= 0.3 is 0 Å². The van der Waals surface area contributed by atoms with Crippen molar-refractivity contribution >= 4 is 57.3 Å². The lowest BCUT2D eigenvalue weighted by atomic mass is 10.1. The maximum Gasteiger partial charge on any atom is 0.116 e. The first-order valence-electron chi connectivity index (χ1n) is 7.94. The minimum Gasteiger partial charge on any atom is -0.358 e. The van der Waals surface area contributed by atoms with Gasteiger partial charge in [-0.2, -0.15) is 0 Å². The van der Waals surface area contributed by atoms with Gasteiger partial charge < -0.3 is 10.3 Å². The number of nitrogens with zero attached hydrogens (tertiary/aromatic N) is 2. The standard InChI is InChI=1S/C19H17ClN4.ClH/c1-3-12-4-5-13(9-14(12)20)24-17-8-11(2)23-15-6-7-16-19(18(15)17)22-10-21-16;/h4-10,23-24H,3H2,1-2H3;1H. The van der Waals surface area contributed by atoms with Crippen LogP contribution < -0.4 is 5.32 Å². The maximum absolute atomic E-state index is 6.35. The third kappa shape index (κ3) is 3.15. The normalized spacial score (nSPS) is 10.8. The highest BCUT2D eigenvalue weighted by Crippen LogP contribution is 2.32. The molecule has 0 aliphatic rings. The number of rotatable bonds is 3. The molecule has 0 atom stereocenters. The summed E-state index contributed by atoms with van der Waals surface area (Å²) in [6.45, 7) is 4.14. The molecule has 0 unspecified atom stereocenters. The predicted molar refractivity (Wildman–Crippen MR) is 107 cm³/mol. The molecule has 25 heavy (non-hydrogen) atoms. The number of H-pyrrole nitrogens is 1. The van der Waals surface area contributed by atoms with Gasteiger partial charge in [0.05, 0.1) is 11.2 Å². The first-order chi connectivity index (χ1) is 11.7. The van der Waals surface area contributed by atoms with E-state index in [2.05, 4.69) is 45.4 Å². The van der Waals surface area contributed by atoms with Crippen molar-refractivity contribution in [2.75, 3.05) is 5.32 Å². The fourth-order valence-corrected chi connectivity index (χ4v) is 3.36. The number of hydrogen-bond acceptors (Lipinski definition) is 3. The SMILES string of the molecule is CCc1ccc(Nc2cc(C)[nH]c3ccc4ncnc4c23)cc1Cl.Cl. The summed E-state index contributed by atoms with van der Waals surface area (Å²) in [6, 6.07) is 12.2. The van der Waals surface area contributed by atoms with Crippen LogP contribution in [0.25, 0.3) is 21.9 Å². The van der Waals surface area contributed by atoms with Crippen molar-refractivity contribution in [3.05, 3.63) is 59.0 Å². The Hall–Kier alpha value is -2.30. The van der Waals surface area contributed by atoms with E-state index in [1.807, 2.05) is 25.1 Å². The van der Waals surface area contributed by atoms with Crippen molar-refractivity contribution in [1.29, 1.82) is 0 Å². The first kappa shape index (κ1) is 17.5. The van der Waals surface area contributed by atoms with E-state index in [4.69, 9.17) is 11.6 Å². The van der Waals surface area contributed by atoms with E-state index >= 15 is 0 Å². The van der Waals surface area contributed by atoms with Crippen LogP contribution in [0.5, 0.6) is 0 Å². The van der Waals surface area contributed by atoms with Crippen LogP contribution >= 0.6 is 24.0 Å². The minimum absolute atomic E-state index is 0. The van der Waals surface area contributed by atoms with Crippen molar-refractivity contribution in [1.82, 2.24) is 15.0 Å². The molecule has 0 bridgehead atoms. The fraction of sp³-hybridized carbons (Fsp3) is 0.158. The average molecular weight is 373 g/mol. The van der Waals surface area contributed by atoms with Crippen LogP contribution in [0.3, 0.4) is 0 Å². The second-order valence-electron chi connectivity index (χ2n) is 5.88. The number of aromatic amines is 1. The Kier molecular flexibility index (Phi) is 4.84. The van der Waals surface area contributed by atoms with Gasteiger partial charge in [-0.3, -0.25) is 0 Å². The smallest absolute Gasteiger partial charge is 0.116 e. The molecule has 2 aromatic heterocycles. The highest BCUT2D eigenvalue weighted by molar-refractivity contribution is 6.31. The summed E-state index contributed by atoms with van der Waals surface area (Å²) in [6.07, 6.45) is 2.52. The second-order valence-corrected chi connectivity index (χ2v) is 6.29. The summed E-state index contributed by atoms with van der Waals surface area (Å²) in [5.74, 6) is 0. The summed E-state index contributed by atoms with van der Waals surface area (Å²) in [7, 11) is 0. The number of pyridine rings is 1. The van der Waals surface area contributed by atoms with E-state index in [0.29, 0.717) is 0 Å². The molecule has 0 radical (unpaired) electrons. The van der Waals surface area contributed by atoms with Gasteiger partial charge in [-0.05, 0) is 49.2 Å². The molecule has 0 saturated heterocycles. The van der Waals surface area contributed by atoms with E-state index < -0.39 is 0 Å². The number of halogens is 2. The van der Waals surface area contributed by atoms with Crippen molar-refractivity contribution in [3.63, 3.8) is 0 Å². The molecule has 2 aromatic carbocycles. The Morgan fingerprint density at radius 1 is 1.12 bits per heavy atom. The Morgan fingerprint density at radius 3 is 2.72 bits per heavy atom. The summed E-state index contributed by atoms with van der Waals surface area (Å²) >= 11 is 6.35. The maximum atomic E-state index is 6.35. The van der Waals surface area contributed by atoms with Gasteiger partial charge in [0.1, 0.15) is 11.8 Å². The van der Waals surface area contributed by atoms with Gasteiger partial charge in [-0.1, -0.05) is 24.6 Å². The van der Waals surface area contributed by atoms with Crippen molar-refractivity contribution in [2.45, 2.75) is 20.3 Å². The molecule has 4 nitrogen and oxygen atoms in total. The molecule has 0 aliphatic heterocycles. The molecule has 6 heteroatoms. The van der Waals surface area contributed by atoms with E-state index in [1.54, 1.807) is 6.33 Å². The van der Waals surface area contributed by atoms with Crippen LogP contribution in [-0.2, 0) is 6.42 Å². The zero-order chi connectivity index (χ0) is 16.7. The molecule has 4 rings (SSSR count). The summed E-state index contributed by atoms with van der Waals surface area (Å²) in [5.41, 5.74) is 6.98. The number of anilines is 2. The van der Waals surface area contributed by atoms with Crippen LogP contribution in [0.15, 0.2) is 42.7 Å². The molecule has 0 fully saturated rings. The summed E-state index contributed by atoms with van der Waals surface area (Å²) in [4.78, 5) is 12.1. The lowest BCUT2D eigenvalue weighted by Crippen LogP contribution is -1.96. The lowest BCUT2D eigenvalue weighted by molar-refractivity contribution is 1.14. The van der Waals surface area contributed by atoms with E-state index in [9.17, 15) is 0 Å². The van der Waals surface area contributed by atoms with E-state index in [0.717, 1.165) is 56.0 Å². The number of benzene rings is 2. The minimum atomic E-state index is 0. The van der Waals surface area contributed by atoms with Gasteiger partial charge in [0.2, 0.25) is 0 Å². The molecule has 0 aliphatic carbocycles. The third-order valence-corrected chi connectivity index (χ3v) is 4.57. The average Bonchev–Trinajstić information content (AvgIpc) is 3.03. The van der Waals surface area contributed by atoms with Gasteiger partial charge in [-0.25, -0.2) is 9.97 Å². The molecule has 0 saturated carbocycles. The van der Waals surface area contributed by atoms with Crippen LogP contribution in [0.1, 0.15) is 18.2 Å². The molecule has 0 amide bonds. The monoisotopic (exact) mass is 372 g/mol. The Morgan fingerprint density at radius 2 is 1.96 bits per heavy atom. The summed E-state index contributed by atoms with van der Waals surface area (Å²) in [5, 5.41) is 5.30. The highest BCUT2D eigenvalue weighted by Gasteiger charge is 2.11. The van der Waals surface area contributed by atoms with Crippen LogP contribution in [0, 0.1) is 6.92 Å². The molecule has 4 aromatic rings. The Bertz CT molecular complexity index is 1060. The number of hydrogen-bond donors (Lipinski definition) is 2. The lowest BCUT2D eigenvalue weighted by Gasteiger charge is -2.13. The number of fused-ring (bicyclic) bond motifs is 3. The zero-order valence-electron chi connectivity index (χ0n) is 13.9. The predicted octanol–water partition coefficient (Wildman–Crippen LogP) is 5.80. The van der Waals surface area contributed by atoms with Crippen molar-refractivity contribution < 1.29 is 0 Å². The Labute approximate surface area is 157 Å². The van der Waals surface area contributed by atoms with Gasteiger partial charge in [-0.15, -0.1) is 12.4 Å². The van der Waals surface area contributed by atoms with Crippen molar-refractivity contribution in [2.24, 2.45) is 0 Å². The molecule has 2 heterocycles. The van der Waals surface area contributed by atoms with Crippen LogP contribution in [0.2, 0.25) is 5.02 Å². The van der Waals surface area contributed by atoms with Crippen LogP contribution in [0.4, 0.5) is 11.4 Å². The summed E-state index contributed by atoms with van der Waals surface area (Å²) < 4.78 is 0. The highest BCUT2D eigenvalue weighted by atomic mass is 35.5. The molecule has 128 valence electrons.